The maximum atomic E-state index is 6.33. The zero-order valence-corrected chi connectivity index (χ0v) is 73.1. The Morgan fingerprint density at radius 3 is 1.32 bits per heavy atom. The van der Waals surface area contributed by atoms with Crippen LogP contribution < -0.4 is 21.3 Å². The van der Waals surface area contributed by atoms with E-state index in [4.69, 9.17) is 4.42 Å². The molecule has 20 aromatic carbocycles. The van der Waals surface area contributed by atoms with Crippen LogP contribution in [0.1, 0.15) is 0 Å². The number of fused-ring (bicyclic) bond motifs is 18. The van der Waals surface area contributed by atoms with E-state index < -0.39 is 0 Å². The minimum atomic E-state index is 0.909. The molecule has 0 aliphatic rings. The quantitative estimate of drug-likeness (QED) is 0.0922. The number of nitrogens with one attached hydrogen (secondary N) is 4. The number of hydrogen-bond donors (Lipinski definition) is 4. The molecule has 0 unspecified atom stereocenters. The second-order valence-corrected chi connectivity index (χ2v) is 36.5. The predicted octanol–water partition coefficient (Wildman–Crippen LogP) is 36.3. The Morgan fingerprint density at radius 2 is 0.659 bits per heavy atom. The van der Waals surface area contributed by atoms with E-state index in [1.807, 2.05) is 118 Å². The molecular formula is C119H79N5OS4. The van der Waals surface area contributed by atoms with Gasteiger partial charge in [0, 0.05) is 161 Å². The van der Waals surface area contributed by atoms with Crippen LogP contribution in [0.25, 0.3) is 191 Å². The number of rotatable bonds is 13. The van der Waals surface area contributed by atoms with E-state index in [0.29, 0.717) is 0 Å². The van der Waals surface area contributed by atoms with Crippen molar-refractivity contribution < 1.29 is 4.42 Å². The molecule has 0 amide bonds. The topological polar surface area (TPSA) is 74.2 Å². The second kappa shape index (κ2) is 34.3. The highest BCUT2D eigenvalue weighted by molar-refractivity contribution is 7.27. The molecule has 0 saturated heterocycles. The first-order chi connectivity index (χ1) is 63.9. The number of furan rings is 1. The Morgan fingerprint density at radius 1 is 0.202 bits per heavy atom. The van der Waals surface area contributed by atoms with Gasteiger partial charge < -0.3 is 25.7 Å². The summed E-state index contributed by atoms with van der Waals surface area (Å²) in [7, 11) is 0. The number of aromatic nitrogens is 1. The van der Waals surface area contributed by atoms with Crippen LogP contribution in [0.15, 0.2) is 460 Å². The highest BCUT2D eigenvalue weighted by atomic mass is 32.1. The summed E-state index contributed by atoms with van der Waals surface area (Å²) in [6.45, 7) is 0. The minimum Gasteiger partial charge on any atom is -0.455 e. The number of pyridine rings is 1. The molecular weight excluding hydrogens is 1640 g/mol. The molecule has 610 valence electrons. The number of hydrogen-bond acceptors (Lipinski definition) is 10. The summed E-state index contributed by atoms with van der Waals surface area (Å²) in [5.74, 6) is 0. The molecule has 0 spiro atoms. The van der Waals surface area contributed by atoms with E-state index in [2.05, 4.69) is 408 Å². The van der Waals surface area contributed by atoms with E-state index in [9.17, 15) is 0 Å². The fourth-order valence-electron chi connectivity index (χ4n) is 18.2. The molecule has 0 atom stereocenters. The average molecular weight is 1720 g/mol. The molecule has 6 nitrogen and oxygen atoms in total. The molecule has 129 heavy (non-hydrogen) atoms. The maximum Gasteiger partial charge on any atom is 0.143 e. The van der Waals surface area contributed by atoms with Crippen molar-refractivity contribution in [2.24, 2.45) is 0 Å². The minimum absolute atomic E-state index is 0.909. The molecule has 4 N–H and O–H groups in total. The first-order valence-corrected chi connectivity index (χ1v) is 46.6. The van der Waals surface area contributed by atoms with Crippen molar-refractivity contribution in [3.8, 4) is 55.6 Å². The van der Waals surface area contributed by atoms with E-state index in [1.165, 1.54) is 152 Å². The Hall–Kier alpha value is -15.8. The zero-order chi connectivity index (χ0) is 85.5. The first-order valence-electron chi connectivity index (χ1n) is 43.3. The third-order valence-corrected chi connectivity index (χ3v) is 28.9. The molecule has 6 aromatic heterocycles. The zero-order valence-electron chi connectivity index (χ0n) is 69.8. The van der Waals surface area contributed by atoms with Gasteiger partial charge in [0.15, 0.2) is 0 Å². The summed E-state index contributed by atoms with van der Waals surface area (Å²) in [4.78, 5) is 4.32. The van der Waals surface area contributed by atoms with Crippen molar-refractivity contribution in [1.29, 1.82) is 0 Å². The SMILES string of the molecule is c1ccc(Nc2cc(-c3ccc4ccccc4c3)c3oc4ccccc4c3c2)cc1.c1ccc(Nc2cc(-c3cccnc3)c3sc4ccccc4c3c2)cc1.c1ccc(Nc2ccc(-c3ccccc3)c3c2sc2cc4ccccc4cc23)cc1.c1ccc2c(-c3cc(Nc4ccc(-c5cccc6sc7ccccc7c56)cc4)cc4c3sc3ccccc34)cccc2c1. The third-order valence-electron chi connectivity index (χ3n) is 24.2. The molecule has 10 heteroatoms. The normalized spacial score (nSPS) is 11.4. The average Bonchev–Trinajstić information content (AvgIpc) is 1.50. The highest BCUT2D eigenvalue weighted by Crippen LogP contribution is 2.50. The number of para-hydroxylation sites is 4. The van der Waals surface area contributed by atoms with Gasteiger partial charge in [0.2, 0.25) is 0 Å². The van der Waals surface area contributed by atoms with Crippen LogP contribution in [0.5, 0.6) is 0 Å². The third kappa shape index (κ3) is 15.4. The van der Waals surface area contributed by atoms with Crippen LogP contribution >= 0.6 is 45.3 Å². The number of nitrogens with zero attached hydrogens (tertiary/aromatic N) is 1. The largest absolute Gasteiger partial charge is 0.455 e. The Balaban J connectivity index is 0.000000100. The highest BCUT2D eigenvalue weighted by Gasteiger charge is 2.22. The summed E-state index contributed by atoms with van der Waals surface area (Å²) >= 11 is 7.46. The number of thiophene rings is 4. The Kier molecular flexibility index (Phi) is 20.7. The lowest BCUT2D eigenvalue weighted by Gasteiger charge is -2.13. The van der Waals surface area contributed by atoms with Gasteiger partial charge in [-0.3, -0.25) is 4.98 Å². The molecule has 6 heterocycles. The van der Waals surface area contributed by atoms with Crippen LogP contribution in [0.3, 0.4) is 0 Å². The summed E-state index contributed by atoms with van der Waals surface area (Å²) in [5.41, 5.74) is 22.7. The smallest absolute Gasteiger partial charge is 0.143 e. The summed E-state index contributed by atoms with van der Waals surface area (Å²) in [6.07, 6.45) is 3.75. The molecule has 0 saturated carbocycles. The monoisotopic (exact) mass is 1720 g/mol. The lowest BCUT2D eigenvalue weighted by Crippen LogP contribution is -1.92. The fourth-order valence-corrected chi connectivity index (χ4v) is 22.9. The van der Waals surface area contributed by atoms with E-state index in [0.717, 1.165) is 84.1 Å². The van der Waals surface area contributed by atoms with Crippen LogP contribution in [0, 0.1) is 0 Å². The van der Waals surface area contributed by atoms with Gasteiger partial charge in [0.05, 0.1) is 10.4 Å². The van der Waals surface area contributed by atoms with Crippen molar-refractivity contribution in [2.45, 2.75) is 0 Å². The van der Waals surface area contributed by atoms with E-state index >= 15 is 0 Å². The molecule has 0 radical (unpaired) electrons. The lowest BCUT2D eigenvalue weighted by atomic mass is 9.96. The van der Waals surface area contributed by atoms with Gasteiger partial charge in [-0.15, -0.1) is 45.3 Å². The van der Waals surface area contributed by atoms with E-state index in [-0.39, 0.29) is 0 Å². The van der Waals surface area contributed by atoms with Gasteiger partial charge in [-0.1, -0.05) is 297 Å². The van der Waals surface area contributed by atoms with Crippen molar-refractivity contribution in [1.82, 2.24) is 4.98 Å². The van der Waals surface area contributed by atoms with Gasteiger partial charge in [-0.2, -0.15) is 0 Å². The fraction of sp³-hybridized carbons (Fsp3) is 0. The van der Waals surface area contributed by atoms with Crippen LogP contribution in [-0.4, -0.2) is 4.98 Å². The van der Waals surface area contributed by atoms with Crippen LogP contribution in [0.2, 0.25) is 0 Å². The number of anilines is 8. The number of benzene rings is 20. The van der Waals surface area contributed by atoms with Crippen molar-refractivity contribution in [2.75, 3.05) is 21.3 Å². The Bertz CT molecular complexity index is 8680. The predicted molar refractivity (Wildman–Crippen MR) is 561 cm³/mol. The van der Waals surface area contributed by atoms with Gasteiger partial charge in [-0.05, 0) is 211 Å². The Labute approximate surface area is 761 Å². The standard InChI is InChI=1S/C40H25NS2.C28H19NO.C28H19NS.C23H16N2S/c1-2-11-29-25(9-1)10-7-15-31(29)34-23-28(24-35-32-12-3-5-16-36(32)43-40(34)35)41-27-21-19-26(20-22-27)30-14-8-18-38-39(30)33-13-4-6-17-37(33)42-38;1-2-10-22(11-3-1)29-23-17-25(21-15-14-19-8-4-5-9-20(19)16-21)28-26(18-23)24-12-6-7-13-27(24)30-28;1-3-9-19(10-4-1)23-15-16-25(29-22-13-5-2-6-14-22)28-27(23)24-17-20-11-7-8-12-21(20)18-26(24)30-28;1-2-8-17(9-3-1)25-18-13-20(16-7-6-12-24-15-16)23-21(14-18)19-10-4-5-11-22(19)26-23/h1-24,41H;2*1-18,29H;1-15,25H. The summed E-state index contributed by atoms with van der Waals surface area (Å²) in [5, 5.41) is 34.8. The van der Waals surface area contributed by atoms with Crippen LogP contribution in [0.4, 0.5) is 45.5 Å². The molecule has 0 bridgehead atoms. The molecule has 0 fully saturated rings. The van der Waals surface area contributed by atoms with Crippen molar-refractivity contribution in [3.63, 3.8) is 0 Å². The van der Waals surface area contributed by atoms with Crippen molar-refractivity contribution >= 4 is 226 Å². The summed E-state index contributed by atoms with van der Waals surface area (Å²) in [6, 6.07) is 157. The van der Waals surface area contributed by atoms with Gasteiger partial charge in [0.1, 0.15) is 11.2 Å². The van der Waals surface area contributed by atoms with Gasteiger partial charge in [-0.25, -0.2) is 0 Å². The van der Waals surface area contributed by atoms with Crippen LogP contribution in [-0.2, 0) is 0 Å². The molecule has 26 aromatic rings. The second-order valence-electron chi connectivity index (χ2n) is 32.3. The van der Waals surface area contributed by atoms with Gasteiger partial charge >= 0.3 is 0 Å². The molecule has 0 aliphatic carbocycles. The van der Waals surface area contributed by atoms with Crippen molar-refractivity contribution in [3.05, 3.63) is 455 Å². The molecule has 0 aliphatic heterocycles. The van der Waals surface area contributed by atoms with Gasteiger partial charge in [0.25, 0.3) is 0 Å². The lowest BCUT2D eigenvalue weighted by molar-refractivity contribution is 0.670. The summed E-state index contributed by atoms with van der Waals surface area (Å²) < 4.78 is 16.9. The molecule has 26 rings (SSSR count). The van der Waals surface area contributed by atoms with E-state index in [1.54, 1.807) is 0 Å². The maximum absolute atomic E-state index is 6.33. The first kappa shape index (κ1) is 78.0.